The third-order valence-corrected chi connectivity index (χ3v) is 4.15. The van der Waals surface area contributed by atoms with Crippen molar-refractivity contribution in [1.82, 2.24) is 14.9 Å². The summed E-state index contributed by atoms with van der Waals surface area (Å²) in [6.07, 6.45) is 12.1. The van der Waals surface area contributed by atoms with Crippen LogP contribution in [0.2, 0.25) is 0 Å². The molecule has 1 saturated heterocycles. The van der Waals surface area contributed by atoms with E-state index in [1.807, 2.05) is 12.5 Å². The molecule has 0 aromatic carbocycles. The van der Waals surface area contributed by atoms with Gasteiger partial charge in [-0.25, -0.2) is 4.98 Å². The zero-order valence-electron chi connectivity index (χ0n) is 11.0. The van der Waals surface area contributed by atoms with E-state index in [9.17, 15) is 0 Å². The highest BCUT2D eigenvalue weighted by atomic mass is 16.5. The van der Waals surface area contributed by atoms with Gasteiger partial charge in [-0.1, -0.05) is 12.8 Å². The molecule has 0 spiro atoms. The van der Waals surface area contributed by atoms with E-state index in [2.05, 4.69) is 14.9 Å². The van der Waals surface area contributed by atoms with Crippen molar-refractivity contribution in [2.75, 3.05) is 13.2 Å². The van der Waals surface area contributed by atoms with Crippen LogP contribution in [0.5, 0.6) is 0 Å². The third kappa shape index (κ3) is 2.75. The van der Waals surface area contributed by atoms with E-state index in [-0.39, 0.29) is 0 Å². The van der Waals surface area contributed by atoms with Crippen molar-refractivity contribution in [3.05, 3.63) is 18.2 Å². The van der Waals surface area contributed by atoms with Crippen LogP contribution < -0.4 is 5.32 Å². The van der Waals surface area contributed by atoms with E-state index >= 15 is 0 Å². The van der Waals surface area contributed by atoms with Crippen LogP contribution in [0.1, 0.15) is 50.3 Å². The maximum atomic E-state index is 5.92. The fraction of sp³-hybridized carbons (Fsp3) is 0.786. The van der Waals surface area contributed by atoms with E-state index < -0.39 is 0 Å². The number of hydrogen-bond acceptors (Lipinski definition) is 3. The molecule has 1 saturated carbocycles. The van der Waals surface area contributed by atoms with Gasteiger partial charge in [0.05, 0.1) is 24.7 Å². The molecule has 2 aliphatic rings. The van der Waals surface area contributed by atoms with Crippen molar-refractivity contribution in [2.24, 2.45) is 0 Å². The molecule has 0 radical (unpaired) electrons. The van der Waals surface area contributed by atoms with Gasteiger partial charge in [0.2, 0.25) is 0 Å². The second kappa shape index (κ2) is 5.85. The topological polar surface area (TPSA) is 39.1 Å². The lowest BCUT2D eigenvalue weighted by atomic mass is 10.2. The summed E-state index contributed by atoms with van der Waals surface area (Å²) >= 11 is 0. The van der Waals surface area contributed by atoms with Crippen molar-refractivity contribution < 1.29 is 4.74 Å². The van der Waals surface area contributed by atoms with Crippen LogP contribution in [-0.2, 0) is 11.3 Å². The van der Waals surface area contributed by atoms with E-state index in [0.29, 0.717) is 12.1 Å². The molecule has 1 aliphatic heterocycles. The van der Waals surface area contributed by atoms with Crippen molar-refractivity contribution in [1.29, 1.82) is 0 Å². The zero-order chi connectivity index (χ0) is 12.2. The number of nitrogens with zero attached hydrogens (tertiary/aromatic N) is 2. The fourth-order valence-corrected chi connectivity index (χ4v) is 3.12. The number of ether oxygens (including phenoxy) is 1. The minimum atomic E-state index is 0.499. The van der Waals surface area contributed by atoms with Gasteiger partial charge in [-0.05, 0) is 32.2 Å². The van der Waals surface area contributed by atoms with Crippen LogP contribution in [-0.4, -0.2) is 28.8 Å². The molecule has 1 atom stereocenters. The first-order valence-electron chi connectivity index (χ1n) is 7.28. The highest BCUT2D eigenvalue weighted by molar-refractivity contribution is 5.07. The monoisotopic (exact) mass is 249 g/mol. The van der Waals surface area contributed by atoms with Crippen LogP contribution in [0.4, 0.5) is 0 Å². The summed E-state index contributed by atoms with van der Waals surface area (Å²) in [5.74, 6) is 0. The molecule has 4 nitrogen and oxygen atoms in total. The molecule has 0 amide bonds. The number of rotatable bonds is 5. The van der Waals surface area contributed by atoms with Crippen LogP contribution in [0.3, 0.4) is 0 Å². The molecule has 1 aromatic rings. The van der Waals surface area contributed by atoms with Gasteiger partial charge in [-0.2, -0.15) is 0 Å². The SMILES string of the molecule is c1ncn(CCOC2CCCC2)c1[C@@H]1CCCN1. The smallest absolute Gasteiger partial charge is 0.0949 e. The minimum Gasteiger partial charge on any atom is -0.376 e. The summed E-state index contributed by atoms with van der Waals surface area (Å²) in [5, 5.41) is 3.53. The molecule has 0 bridgehead atoms. The van der Waals surface area contributed by atoms with Gasteiger partial charge in [0, 0.05) is 18.8 Å². The van der Waals surface area contributed by atoms with E-state index in [4.69, 9.17) is 4.74 Å². The van der Waals surface area contributed by atoms with Gasteiger partial charge in [-0.3, -0.25) is 0 Å². The summed E-state index contributed by atoms with van der Waals surface area (Å²) in [7, 11) is 0. The van der Waals surface area contributed by atoms with Crippen molar-refractivity contribution in [3.8, 4) is 0 Å². The first-order valence-corrected chi connectivity index (χ1v) is 7.28. The Kier molecular flexibility index (Phi) is 3.96. The predicted molar refractivity (Wildman–Crippen MR) is 70.4 cm³/mol. The fourth-order valence-electron chi connectivity index (χ4n) is 3.12. The van der Waals surface area contributed by atoms with Crippen LogP contribution in [0, 0.1) is 0 Å². The molecule has 1 N–H and O–H groups in total. The first kappa shape index (κ1) is 12.2. The van der Waals surface area contributed by atoms with Gasteiger partial charge in [0.1, 0.15) is 0 Å². The third-order valence-electron chi connectivity index (χ3n) is 4.15. The minimum absolute atomic E-state index is 0.499. The van der Waals surface area contributed by atoms with E-state index in [1.165, 1.54) is 44.2 Å². The Morgan fingerprint density at radius 3 is 2.94 bits per heavy atom. The lowest BCUT2D eigenvalue weighted by Gasteiger charge is -2.15. The van der Waals surface area contributed by atoms with E-state index in [1.54, 1.807) is 0 Å². The lowest BCUT2D eigenvalue weighted by molar-refractivity contribution is 0.0525. The lowest BCUT2D eigenvalue weighted by Crippen LogP contribution is -2.19. The van der Waals surface area contributed by atoms with Gasteiger partial charge >= 0.3 is 0 Å². The second-order valence-electron chi connectivity index (χ2n) is 5.44. The standard InChI is InChI=1S/C14H23N3O/c1-2-5-12(4-1)18-9-8-17-11-15-10-14(17)13-6-3-7-16-13/h10-13,16H,1-9H2/t13-/m0/s1. The van der Waals surface area contributed by atoms with Gasteiger partial charge in [0.15, 0.2) is 0 Å². The van der Waals surface area contributed by atoms with Crippen molar-refractivity contribution >= 4 is 0 Å². The molecule has 4 heteroatoms. The summed E-state index contributed by atoms with van der Waals surface area (Å²) in [6, 6.07) is 0.499. The molecular weight excluding hydrogens is 226 g/mol. The summed E-state index contributed by atoms with van der Waals surface area (Å²) < 4.78 is 8.17. The Balaban J connectivity index is 1.51. The van der Waals surface area contributed by atoms with Gasteiger partial charge in [-0.15, -0.1) is 0 Å². The average molecular weight is 249 g/mol. The van der Waals surface area contributed by atoms with Crippen molar-refractivity contribution in [3.63, 3.8) is 0 Å². The summed E-state index contributed by atoms with van der Waals surface area (Å²) in [6.45, 7) is 2.89. The molecule has 18 heavy (non-hydrogen) atoms. The van der Waals surface area contributed by atoms with Gasteiger partial charge < -0.3 is 14.6 Å². The number of nitrogens with one attached hydrogen (secondary N) is 1. The highest BCUT2D eigenvalue weighted by Crippen LogP contribution is 2.23. The Bertz CT molecular complexity index is 365. The number of aromatic nitrogens is 2. The molecular formula is C14H23N3O. The zero-order valence-corrected chi connectivity index (χ0v) is 11.0. The quantitative estimate of drug-likeness (QED) is 0.870. The Morgan fingerprint density at radius 1 is 1.28 bits per heavy atom. The maximum absolute atomic E-state index is 5.92. The normalized spacial score (nSPS) is 25.0. The highest BCUT2D eigenvalue weighted by Gasteiger charge is 2.20. The molecule has 2 heterocycles. The Morgan fingerprint density at radius 2 is 2.17 bits per heavy atom. The van der Waals surface area contributed by atoms with Crippen LogP contribution in [0.25, 0.3) is 0 Å². The predicted octanol–water partition coefficient (Wildman–Crippen LogP) is 2.27. The van der Waals surface area contributed by atoms with Crippen molar-refractivity contribution in [2.45, 2.75) is 57.2 Å². The first-order chi connectivity index (χ1) is 8.93. The summed E-state index contributed by atoms with van der Waals surface area (Å²) in [4.78, 5) is 4.28. The molecule has 3 rings (SSSR count). The molecule has 0 unspecified atom stereocenters. The molecule has 1 aromatic heterocycles. The molecule has 100 valence electrons. The molecule has 1 aliphatic carbocycles. The second-order valence-corrected chi connectivity index (χ2v) is 5.44. The Hall–Kier alpha value is -0.870. The maximum Gasteiger partial charge on any atom is 0.0949 e. The number of imidazole rings is 1. The van der Waals surface area contributed by atoms with Gasteiger partial charge in [0.25, 0.3) is 0 Å². The average Bonchev–Trinajstić information content (AvgIpc) is 3.12. The Labute approximate surface area is 109 Å². The van der Waals surface area contributed by atoms with E-state index in [0.717, 1.165) is 19.7 Å². The van der Waals surface area contributed by atoms with Crippen LogP contribution in [0.15, 0.2) is 12.5 Å². The molecule has 2 fully saturated rings. The number of hydrogen-bond donors (Lipinski definition) is 1. The summed E-state index contributed by atoms with van der Waals surface area (Å²) in [5.41, 5.74) is 1.32. The largest absolute Gasteiger partial charge is 0.376 e. The van der Waals surface area contributed by atoms with Crippen LogP contribution >= 0.6 is 0 Å².